The number of nitrogens with zero attached hydrogens (tertiary/aromatic N) is 1. The van der Waals surface area contributed by atoms with Gasteiger partial charge >= 0.3 is 0 Å². The highest BCUT2D eigenvalue weighted by atomic mass is 35.5. The van der Waals surface area contributed by atoms with E-state index in [-0.39, 0.29) is 17.9 Å². The quantitative estimate of drug-likeness (QED) is 0.314. The first-order valence-electron chi connectivity index (χ1n) is 10.3. The fraction of sp³-hybridized carbons (Fsp3) is 0.154. The first kappa shape index (κ1) is 21.7. The van der Waals surface area contributed by atoms with E-state index < -0.39 is 17.7 Å². The summed E-state index contributed by atoms with van der Waals surface area (Å²) >= 11 is 6.21. The summed E-state index contributed by atoms with van der Waals surface area (Å²) in [5, 5.41) is 11.6. The van der Waals surface area contributed by atoms with Crippen LogP contribution in [-0.4, -0.2) is 28.3 Å². The second-order valence-corrected chi connectivity index (χ2v) is 7.86. The normalized spacial score (nSPS) is 17.6. The molecule has 0 saturated carbocycles. The van der Waals surface area contributed by atoms with Crippen molar-refractivity contribution in [1.82, 2.24) is 4.90 Å². The van der Waals surface area contributed by atoms with Gasteiger partial charge in [0.1, 0.15) is 11.5 Å². The fourth-order valence-corrected chi connectivity index (χ4v) is 4.08. The minimum Gasteiger partial charge on any atom is -0.507 e. The highest BCUT2D eigenvalue weighted by Crippen LogP contribution is 2.41. The van der Waals surface area contributed by atoms with Crippen molar-refractivity contribution in [3.05, 3.63) is 106 Å². The molecule has 1 fully saturated rings. The van der Waals surface area contributed by atoms with Gasteiger partial charge in [-0.05, 0) is 54.4 Å². The van der Waals surface area contributed by atoms with Gasteiger partial charge in [-0.1, -0.05) is 54.1 Å². The molecule has 3 aromatic rings. The van der Waals surface area contributed by atoms with Crippen LogP contribution >= 0.6 is 11.6 Å². The third-order valence-corrected chi connectivity index (χ3v) is 5.57. The number of carbonyl (C=O) groups is 2. The van der Waals surface area contributed by atoms with Crippen LogP contribution in [0.2, 0.25) is 5.02 Å². The molecule has 1 N–H and O–H groups in total. The molecule has 1 unspecified atom stereocenters. The monoisotopic (exact) mass is 447 g/mol. The van der Waals surface area contributed by atoms with Gasteiger partial charge in [-0.15, -0.1) is 0 Å². The van der Waals surface area contributed by atoms with E-state index in [9.17, 15) is 14.7 Å². The molecule has 0 spiro atoms. The second-order valence-electron chi connectivity index (χ2n) is 7.42. The van der Waals surface area contributed by atoms with Gasteiger partial charge in [0, 0.05) is 17.1 Å². The third kappa shape index (κ3) is 4.25. The molecule has 5 nitrogen and oxygen atoms in total. The van der Waals surface area contributed by atoms with Gasteiger partial charge in [-0.2, -0.15) is 0 Å². The number of aliphatic hydroxyl groups excluding tert-OH is 1. The zero-order chi connectivity index (χ0) is 22.7. The summed E-state index contributed by atoms with van der Waals surface area (Å²) in [6, 6.07) is 22.4. The Hall–Kier alpha value is -3.57. The maximum Gasteiger partial charge on any atom is 0.295 e. The number of Topliss-reactive ketones (excluding diaryl/α,β-unsaturated/α-hetero) is 1. The van der Waals surface area contributed by atoms with Gasteiger partial charge in [0.25, 0.3) is 11.7 Å². The largest absolute Gasteiger partial charge is 0.507 e. The molecule has 1 heterocycles. The molecule has 1 aliphatic rings. The minimum absolute atomic E-state index is 0.0392. The third-order valence-electron chi connectivity index (χ3n) is 5.34. The van der Waals surface area contributed by atoms with Gasteiger partial charge in [0.15, 0.2) is 0 Å². The van der Waals surface area contributed by atoms with Crippen molar-refractivity contribution in [2.45, 2.75) is 19.5 Å². The summed E-state index contributed by atoms with van der Waals surface area (Å²) in [7, 11) is 0. The van der Waals surface area contributed by atoms with Crippen LogP contribution in [0.3, 0.4) is 0 Å². The number of carbonyl (C=O) groups excluding carboxylic acids is 2. The Labute approximate surface area is 191 Å². The number of likely N-dealkylation sites (tertiary alicyclic amines) is 1. The van der Waals surface area contributed by atoms with Crippen LogP contribution in [-0.2, 0) is 16.1 Å². The number of rotatable bonds is 6. The molecule has 0 radical (unpaired) electrons. The summed E-state index contributed by atoms with van der Waals surface area (Å²) in [5.74, 6) is -0.962. The summed E-state index contributed by atoms with van der Waals surface area (Å²) in [6.07, 6.45) is 0. The Bertz CT molecular complexity index is 1170. The standard InChI is InChI=1S/C26H22ClNO4/c1-2-32-21-13-11-18(12-14-21)24(29)22-23(19-9-6-10-20(27)15-19)28(26(31)25(22)30)16-17-7-4-3-5-8-17/h3-15,23,29H,2,16H2,1H3/b24-22+. The predicted molar refractivity (Wildman–Crippen MR) is 123 cm³/mol. The number of halogens is 1. The van der Waals surface area contributed by atoms with Crippen molar-refractivity contribution >= 4 is 29.1 Å². The van der Waals surface area contributed by atoms with Gasteiger partial charge in [-0.3, -0.25) is 9.59 Å². The first-order chi connectivity index (χ1) is 15.5. The molecule has 1 amide bonds. The average Bonchev–Trinajstić information content (AvgIpc) is 3.05. The molecule has 0 aromatic heterocycles. The lowest BCUT2D eigenvalue weighted by molar-refractivity contribution is -0.140. The smallest absolute Gasteiger partial charge is 0.295 e. The molecule has 1 aliphatic heterocycles. The Balaban J connectivity index is 1.82. The van der Waals surface area contributed by atoms with Crippen molar-refractivity contribution in [3.63, 3.8) is 0 Å². The number of amides is 1. The summed E-state index contributed by atoms with van der Waals surface area (Å²) in [4.78, 5) is 27.6. The number of hydrogen-bond donors (Lipinski definition) is 1. The van der Waals surface area contributed by atoms with Crippen molar-refractivity contribution in [3.8, 4) is 5.75 Å². The lowest BCUT2D eigenvalue weighted by atomic mass is 9.95. The Kier molecular flexibility index (Phi) is 6.28. The minimum atomic E-state index is -0.763. The van der Waals surface area contributed by atoms with E-state index >= 15 is 0 Å². The van der Waals surface area contributed by atoms with E-state index in [0.717, 1.165) is 5.56 Å². The van der Waals surface area contributed by atoms with E-state index in [1.807, 2.05) is 37.3 Å². The molecule has 0 bridgehead atoms. The van der Waals surface area contributed by atoms with Gasteiger partial charge in [-0.25, -0.2) is 0 Å². The maximum absolute atomic E-state index is 13.1. The molecular formula is C26H22ClNO4. The Morgan fingerprint density at radius 2 is 1.72 bits per heavy atom. The van der Waals surface area contributed by atoms with Crippen LogP contribution in [0.5, 0.6) is 5.75 Å². The van der Waals surface area contributed by atoms with E-state index in [1.165, 1.54) is 4.90 Å². The predicted octanol–water partition coefficient (Wildman–Crippen LogP) is 5.36. The summed E-state index contributed by atoms with van der Waals surface area (Å²) in [5.41, 5.74) is 2.00. The van der Waals surface area contributed by atoms with Crippen molar-refractivity contribution < 1.29 is 19.4 Å². The number of hydrogen-bond acceptors (Lipinski definition) is 4. The average molecular weight is 448 g/mol. The molecule has 32 heavy (non-hydrogen) atoms. The molecule has 3 aromatic carbocycles. The fourth-order valence-electron chi connectivity index (χ4n) is 3.88. The van der Waals surface area contributed by atoms with E-state index in [2.05, 4.69) is 0 Å². The van der Waals surface area contributed by atoms with Crippen LogP contribution in [0, 0.1) is 0 Å². The molecule has 4 rings (SSSR count). The maximum atomic E-state index is 13.1. The van der Waals surface area contributed by atoms with Gasteiger partial charge in [0.2, 0.25) is 0 Å². The number of ketones is 1. The number of benzene rings is 3. The number of ether oxygens (including phenoxy) is 1. The van der Waals surface area contributed by atoms with Gasteiger partial charge in [0.05, 0.1) is 18.2 Å². The molecule has 0 aliphatic carbocycles. The van der Waals surface area contributed by atoms with Crippen molar-refractivity contribution in [1.29, 1.82) is 0 Å². The van der Waals surface area contributed by atoms with Crippen LogP contribution in [0.1, 0.15) is 29.7 Å². The van der Waals surface area contributed by atoms with E-state index in [4.69, 9.17) is 16.3 Å². The van der Waals surface area contributed by atoms with Crippen LogP contribution in [0.25, 0.3) is 5.76 Å². The lowest BCUT2D eigenvalue weighted by Gasteiger charge is -2.25. The highest BCUT2D eigenvalue weighted by Gasteiger charge is 2.46. The number of aliphatic hydroxyl groups is 1. The molecule has 6 heteroatoms. The van der Waals surface area contributed by atoms with Crippen molar-refractivity contribution in [2.75, 3.05) is 6.61 Å². The summed E-state index contributed by atoms with van der Waals surface area (Å²) < 4.78 is 5.45. The molecular weight excluding hydrogens is 426 g/mol. The van der Waals surface area contributed by atoms with E-state index in [0.29, 0.717) is 28.5 Å². The molecule has 1 saturated heterocycles. The zero-order valence-corrected chi connectivity index (χ0v) is 18.3. The van der Waals surface area contributed by atoms with Crippen molar-refractivity contribution in [2.24, 2.45) is 0 Å². The SMILES string of the molecule is CCOc1ccc(/C(O)=C2\C(=O)C(=O)N(Cc3ccccc3)C2c2cccc(Cl)c2)cc1. The highest BCUT2D eigenvalue weighted by molar-refractivity contribution is 6.46. The van der Waals surface area contributed by atoms with Crippen LogP contribution in [0.4, 0.5) is 0 Å². The molecule has 1 atom stereocenters. The zero-order valence-electron chi connectivity index (χ0n) is 17.5. The molecule has 162 valence electrons. The first-order valence-corrected chi connectivity index (χ1v) is 10.7. The summed E-state index contributed by atoms with van der Waals surface area (Å²) in [6.45, 7) is 2.63. The van der Waals surface area contributed by atoms with Crippen LogP contribution < -0.4 is 4.74 Å². The Morgan fingerprint density at radius 1 is 1.00 bits per heavy atom. The topological polar surface area (TPSA) is 66.8 Å². The Morgan fingerprint density at radius 3 is 2.38 bits per heavy atom. The van der Waals surface area contributed by atoms with Crippen LogP contribution in [0.15, 0.2) is 84.4 Å². The lowest BCUT2D eigenvalue weighted by Crippen LogP contribution is -2.29. The second kappa shape index (κ2) is 9.28. The van der Waals surface area contributed by atoms with E-state index in [1.54, 1.807) is 48.5 Å². The van der Waals surface area contributed by atoms with Gasteiger partial charge < -0.3 is 14.7 Å².